The zero-order chi connectivity index (χ0) is 30.4. The van der Waals surface area contributed by atoms with Crippen LogP contribution in [0.3, 0.4) is 0 Å². The van der Waals surface area contributed by atoms with E-state index in [0.29, 0.717) is 42.5 Å². The molecule has 1 atom stereocenters. The second-order valence-electron chi connectivity index (χ2n) is 12.8. The molecular weight excluding hydrogens is 573 g/mol. The van der Waals surface area contributed by atoms with Crippen molar-refractivity contribution in [1.82, 2.24) is 24.5 Å². The van der Waals surface area contributed by atoms with E-state index in [1.54, 1.807) is 11.8 Å². The minimum atomic E-state index is -0.395. The summed E-state index contributed by atoms with van der Waals surface area (Å²) in [6.07, 6.45) is 7.56. The molecule has 0 N–H and O–H groups in total. The highest BCUT2D eigenvalue weighted by molar-refractivity contribution is 6.42. The normalized spacial score (nSPS) is 21.1. The van der Waals surface area contributed by atoms with Crippen LogP contribution < -0.4 is 0 Å². The minimum Gasteiger partial charge on any atom is -0.347 e. The number of piperidine rings is 3. The van der Waals surface area contributed by atoms with E-state index in [9.17, 15) is 14.4 Å². The number of amides is 3. The van der Waals surface area contributed by atoms with Crippen LogP contribution in [0.15, 0.2) is 18.2 Å². The number of benzene rings is 1. The van der Waals surface area contributed by atoms with Crippen molar-refractivity contribution in [3.05, 3.63) is 33.8 Å². The van der Waals surface area contributed by atoms with Crippen molar-refractivity contribution in [2.75, 3.05) is 73.5 Å². The lowest BCUT2D eigenvalue weighted by molar-refractivity contribution is -0.147. The predicted octanol–water partition coefficient (Wildman–Crippen LogP) is 4.59. The van der Waals surface area contributed by atoms with Crippen LogP contribution in [0.5, 0.6) is 0 Å². The molecule has 0 aromatic heterocycles. The highest BCUT2D eigenvalue weighted by Crippen LogP contribution is 2.35. The molecule has 42 heavy (non-hydrogen) atoms. The van der Waals surface area contributed by atoms with Crippen LogP contribution in [0.4, 0.5) is 0 Å². The Bertz CT molecular complexity index is 1090. The summed E-state index contributed by atoms with van der Waals surface area (Å²) in [7, 11) is 5.66. The molecule has 1 aromatic rings. The van der Waals surface area contributed by atoms with Gasteiger partial charge in [-0.2, -0.15) is 0 Å². The Morgan fingerprint density at radius 1 is 0.929 bits per heavy atom. The molecule has 3 amide bonds. The number of hydrogen-bond acceptors (Lipinski definition) is 5. The van der Waals surface area contributed by atoms with Gasteiger partial charge in [-0.25, -0.2) is 0 Å². The molecule has 3 heterocycles. The fourth-order valence-corrected chi connectivity index (χ4v) is 7.50. The molecule has 0 bridgehead atoms. The summed E-state index contributed by atoms with van der Waals surface area (Å²) < 4.78 is 0. The summed E-state index contributed by atoms with van der Waals surface area (Å²) in [4.78, 5) is 49.1. The highest BCUT2D eigenvalue weighted by Gasteiger charge is 2.47. The van der Waals surface area contributed by atoms with E-state index in [4.69, 9.17) is 23.2 Å². The lowest BCUT2D eigenvalue weighted by Crippen LogP contribution is -2.64. The third-order valence-electron chi connectivity index (χ3n) is 9.82. The van der Waals surface area contributed by atoms with Crippen LogP contribution in [-0.4, -0.2) is 121 Å². The lowest BCUT2D eigenvalue weighted by Gasteiger charge is -2.50. The zero-order valence-corrected chi connectivity index (χ0v) is 27.4. The van der Waals surface area contributed by atoms with E-state index in [0.717, 1.165) is 57.5 Å². The molecule has 4 rings (SSSR count). The van der Waals surface area contributed by atoms with Crippen molar-refractivity contribution in [3.63, 3.8) is 0 Å². The van der Waals surface area contributed by atoms with Crippen LogP contribution in [0.2, 0.25) is 10.0 Å². The van der Waals surface area contributed by atoms with Crippen molar-refractivity contribution in [2.45, 2.75) is 69.7 Å². The number of carbonyl (C=O) groups is 3. The smallest absolute Gasteiger partial charge is 0.242 e. The molecule has 234 valence electrons. The maximum Gasteiger partial charge on any atom is 0.242 e. The maximum absolute atomic E-state index is 13.5. The Balaban J connectivity index is 1.41. The van der Waals surface area contributed by atoms with Crippen molar-refractivity contribution >= 4 is 40.9 Å². The molecule has 10 heteroatoms. The number of nitrogens with zero attached hydrogens (tertiary/aromatic N) is 5. The van der Waals surface area contributed by atoms with E-state index in [1.165, 1.54) is 19.3 Å². The average molecular weight is 623 g/mol. The first kappa shape index (κ1) is 33.0. The molecule has 3 aliphatic heterocycles. The topological polar surface area (TPSA) is 67.4 Å². The lowest BCUT2D eigenvalue weighted by atomic mass is 9.82. The highest BCUT2D eigenvalue weighted by atomic mass is 35.5. The number of rotatable bonds is 9. The van der Waals surface area contributed by atoms with Gasteiger partial charge < -0.3 is 19.6 Å². The van der Waals surface area contributed by atoms with Gasteiger partial charge in [-0.05, 0) is 82.3 Å². The van der Waals surface area contributed by atoms with Crippen LogP contribution in [-0.2, 0) is 14.4 Å². The van der Waals surface area contributed by atoms with Gasteiger partial charge in [0.2, 0.25) is 17.7 Å². The fraction of sp³-hybridized carbons (Fsp3) is 0.719. The fourth-order valence-electron chi connectivity index (χ4n) is 7.19. The summed E-state index contributed by atoms with van der Waals surface area (Å²) in [5, 5.41) is 1.05. The first-order valence-corrected chi connectivity index (χ1v) is 16.4. The standard InChI is InChI=1S/C32H49Cl2N5O3/c1-24(40)38-18-11-25(12-19-38)30(41)36(4)23-27(26-8-9-28(33)29(34)22-26)10-17-37-20-13-32(14-21-37,31(42)35(2)3)39-15-6-5-7-16-39/h8-9,22,25,27H,5-7,10-21,23H2,1-4H3. The first-order chi connectivity index (χ1) is 20.0. The SMILES string of the molecule is CC(=O)N1CCC(C(=O)N(C)CC(CCN2CCC(C(=O)N(C)C)(N3CCCCC3)CC2)c2ccc(Cl)c(Cl)c2)CC1. The Labute approximate surface area is 262 Å². The second kappa shape index (κ2) is 14.7. The molecule has 0 saturated carbocycles. The number of hydrogen-bond donors (Lipinski definition) is 0. The molecule has 1 aromatic carbocycles. The third kappa shape index (κ3) is 7.79. The number of carbonyl (C=O) groups excluding carboxylic acids is 3. The van der Waals surface area contributed by atoms with Gasteiger partial charge in [-0.15, -0.1) is 0 Å². The van der Waals surface area contributed by atoms with Gasteiger partial charge in [0.25, 0.3) is 0 Å². The number of halogens is 2. The van der Waals surface area contributed by atoms with Gasteiger partial charge in [-0.3, -0.25) is 19.3 Å². The Morgan fingerprint density at radius 3 is 2.14 bits per heavy atom. The molecule has 1 unspecified atom stereocenters. The molecule has 0 aliphatic carbocycles. The van der Waals surface area contributed by atoms with Gasteiger partial charge in [0, 0.05) is 72.6 Å². The van der Waals surface area contributed by atoms with Crippen molar-refractivity contribution in [1.29, 1.82) is 0 Å². The Morgan fingerprint density at radius 2 is 1.57 bits per heavy atom. The van der Waals surface area contributed by atoms with Gasteiger partial charge in [-0.1, -0.05) is 35.7 Å². The summed E-state index contributed by atoms with van der Waals surface area (Å²) in [5.74, 6) is 0.509. The molecule has 0 spiro atoms. The first-order valence-electron chi connectivity index (χ1n) is 15.7. The van der Waals surface area contributed by atoms with E-state index >= 15 is 0 Å². The van der Waals surface area contributed by atoms with Crippen molar-refractivity contribution in [2.24, 2.45) is 5.92 Å². The largest absolute Gasteiger partial charge is 0.347 e. The second-order valence-corrected chi connectivity index (χ2v) is 13.6. The number of likely N-dealkylation sites (N-methyl/N-ethyl adjacent to an activating group) is 2. The van der Waals surface area contributed by atoms with Gasteiger partial charge >= 0.3 is 0 Å². The van der Waals surface area contributed by atoms with Crippen LogP contribution in [0, 0.1) is 5.92 Å². The predicted molar refractivity (Wildman–Crippen MR) is 169 cm³/mol. The van der Waals surface area contributed by atoms with Crippen LogP contribution in [0.25, 0.3) is 0 Å². The summed E-state index contributed by atoms with van der Waals surface area (Å²) >= 11 is 12.7. The summed E-state index contributed by atoms with van der Waals surface area (Å²) in [6.45, 7) is 8.12. The minimum absolute atomic E-state index is 0.0562. The molecule has 8 nitrogen and oxygen atoms in total. The van der Waals surface area contributed by atoms with Crippen molar-refractivity contribution in [3.8, 4) is 0 Å². The van der Waals surface area contributed by atoms with Crippen molar-refractivity contribution < 1.29 is 14.4 Å². The van der Waals surface area contributed by atoms with E-state index < -0.39 is 5.54 Å². The summed E-state index contributed by atoms with van der Waals surface area (Å²) in [5.41, 5.74) is 0.687. The van der Waals surface area contributed by atoms with Gasteiger partial charge in [0.15, 0.2) is 0 Å². The molecule has 3 aliphatic rings. The summed E-state index contributed by atoms with van der Waals surface area (Å²) in [6, 6.07) is 5.80. The quantitative estimate of drug-likeness (QED) is 0.403. The Hall–Kier alpha value is -1.87. The van der Waals surface area contributed by atoms with E-state index in [1.807, 2.05) is 49.1 Å². The molecular formula is C32H49Cl2N5O3. The van der Waals surface area contributed by atoms with Crippen LogP contribution in [0.1, 0.15) is 69.8 Å². The van der Waals surface area contributed by atoms with E-state index in [2.05, 4.69) is 9.80 Å². The zero-order valence-electron chi connectivity index (χ0n) is 25.9. The van der Waals surface area contributed by atoms with E-state index in [-0.39, 0.29) is 29.6 Å². The van der Waals surface area contributed by atoms with Gasteiger partial charge in [0.05, 0.1) is 10.0 Å². The Kier molecular flexibility index (Phi) is 11.6. The monoisotopic (exact) mass is 621 g/mol. The average Bonchev–Trinajstić information content (AvgIpc) is 3.00. The third-order valence-corrected chi connectivity index (χ3v) is 10.6. The maximum atomic E-state index is 13.5. The number of likely N-dealkylation sites (tertiary alicyclic amines) is 3. The molecule has 3 fully saturated rings. The van der Waals surface area contributed by atoms with Gasteiger partial charge in [0.1, 0.15) is 5.54 Å². The molecule has 0 radical (unpaired) electrons. The van der Waals surface area contributed by atoms with Crippen LogP contribution >= 0.6 is 23.2 Å². The molecule has 3 saturated heterocycles.